The van der Waals surface area contributed by atoms with E-state index in [1.54, 1.807) is 0 Å². The van der Waals surface area contributed by atoms with E-state index in [-0.39, 0.29) is 0 Å². The molecule has 3 nitrogen and oxygen atoms in total. The van der Waals surface area contributed by atoms with Crippen molar-refractivity contribution in [2.45, 2.75) is 33.1 Å². The lowest BCUT2D eigenvalue weighted by Gasteiger charge is -2.15. The number of ether oxygens (including phenoxy) is 1. The van der Waals surface area contributed by atoms with Crippen LogP contribution in [0.3, 0.4) is 0 Å². The van der Waals surface area contributed by atoms with E-state index in [0.29, 0.717) is 0 Å². The fraction of sp³-hybridized carbons (Fsp3) is 0.533. The van der Waals surface area contributed by atoms with Crippen LogP contribution in [-0.2, 0) is 11.8 Å². The van der Waals surface area contributed by atoms with Crippen LogP contribution in [0.2, 0.25) is 0 Å². The highest BCUT2D eigenvalue weighted by atomic mass is 32.4. The maximum absolute atomic E-state index is 5.55. The van der Waals surface area contributed by atoms with Crippen molar-refractivity contribution in [3.05, 3.63) is 29.8 Å². The molecule has 1 atom stereocenters. The van der Waals surface area contributed by atoms with Crippen molar-refractivity contribution in [2.24, 2.45) is 5.10 Å². The van der Waals surface area contributed by atoms with E-state index < -0.39 is 6.85 Å². The highest BCUT2D eigenvalue weighted by Crippen LogP contribution is 2.27. The van der Waals surface area contributed by atoms with Crippen LogP contribution < -0.4 is 4.74 Å². The number of hydrogen-bond donors (Lipinski definition) is 0. The smallest absolute Gasteiger partial charge is 0.119 e. The minimum atomic E-state index is -0.925. The Morgan fingerprint density at radius 1 is 1.25 bits per heavy atom. The van der Waals surface area contributed by atoms with Crippen LogP contribution in [0.15, 0.2) is 29.4 Å². The van der Waals surface area contributed by atoms with Gasteiger partial charge in [-0.05, 0) is 48.8 Å². The van der Waals surface area contributed by atoms with Crippen molar-refractivity contribution in [1.29, 1.82) is 0 Å². The Balaban J connectivity index is 2.50. The molecule has 0 aromatic heterocycles. The van der Waals surface area contributed by atoms with Gasteiger partial charge in [0.05, 0.1) is 12.8 Å². The van der Waals surface area contributed by atoms with Crippen molar-refractivity contribution in [1.82, 2.24) is 4.78 Å². The van der Waals surface area contributed by atoms with E-state index in [1.165, 1.54) is 12.8 Å². The summed E-state index contributed by atoms with van der Waals surface area (Å²) >= 11 is 5.50. The molecule has 1 unspecified atom stereocenters. The number of nitrogens with zero attached hydrogens (tertiary/aromatic N) is 2. The third kappa shape index (κ3) is 6.53. The van der Waals surface area contributed by atoms with Crippen molar-refractivity contribution >= 4 is 24.9 Å². The molecule has 5 heteroatoms. The largest absolute Gasteiger partial charge is 0.494 e. The van der Waals surface area contributed by atoms with Crippen LogP contribution in [0, 0.1) is 0 Å². The standard InChI is InChI=1S/C15H25N2OPS/c1-4-6-12-19(20)17(3)16-13-14-7-9-15(10-8-14)18-11-5-2/h7-10,13,19H,4-6,11-12H2,1-3H3/b16-13+. The maximum Gasteiger partial charge on any atom is 0.119 e. The molecule has 0 aliphatic rings. The van der Waals surface area contributed by atoms with E-state index in [9.17, 15) is 0 Å². The van der Waals surface area contributed by atoms with Crippen molar-refractivity contribution in [3.8, 4) is 5.75 Å². The van der Waals surface area contributed by atoms with Gasteiger partial charge in [-0.3, -0.25) is 4.78 Å². The first-order valence-electron chi connectivity index (χ1n) is 7.20. The van der Waals surface area contributed by atoms with Crippen LogP contribution in [0.1, 0.15) is 38.7 Å². The Morgan fingerprint density at radius 2 is 1.95 bits per heavy atom. The van der Waals surface area contributed by atoms with Gasteiger partial charge in [0.1, 0.15) is 5.75 Å². The average molecular weight is 312 g/mol. The molecule has 0 amide bonds. The summed E-state index contributed by atoms with van der Waals surface area (Å²) in [6.45, 7) is 4.13. The predicted octanol–water partition coefficient (Wildman–Crippen LogP) is 4.13. The Labute approximate surface area is 128 Å². The zero-order chi connectivity index (χ0) is 14.8. The number of benzene rings is 1. The molecule has 0 aliphatic carbocycles. The molecule has 0 saturated heterocycles. The second-order valence-corrected chi connectivity index (χ2v) is 8.03. The third-order valence-electron chi connectivity index (χ3n) is 2.84. The zero-order valence-electron chi connectivity index (χ0n) is 12.6. The van der Waals surface area contributed by atoms with Gasteiger partial charge >= 0.3 is 0 Å². The number of hydrogen-bond acceptors (Lipinski definition) is 3. The van der Waals surface area contributed by atoms with Gasteiger partial charge in [-0.25, -0.2) is 0 Å². The summed E-state index contributed by atoms with van der Waals surface area (Å²) in [5.74, 6) is 0.910. The van der Waals surface area contributed by atoms with Crippen LogP contribution in [-0.4, -0.2) is 30.8 Å². The van der Waals surface area contributed by atoms with Gasteiger partial charge in [-0.1, -0.05) is 32.1 Å². The van der Waals surface area contributed by atoms with E-state index in [1.807, 2.05) is 42.3 Å². The number of rotatable bonds is 9. The molecule has 1 aromatic rings. The third-order valence-corrected chi connectivity index (χ3v) is 5.86. The molecule has 112 valence electrons. The van der Waals surface area contributed by atoms with E-state index in [2.05, 4.69) is 18.9 Å². The highest BCUT2D eigenvalue weighted by Gasteiger charge is 1.99. The second-order valence-electron chi connectivity index (χ2n) is 4.68. The fourth-order valence-electron chi connectivity index (χ4n) is 1.58. The monoisotopic (exact) mass is 312 g/mol. The highest BCUT2D eigenvalue weighted by molar-refractivity contribution is 8.04. The summed E-state index contributed by atoms with van der Waals surface area (Å²) in [6, 6.07) is 8.00. The van der Waals surface area contributed by atoms with Crippen molar-refractivity contribution in [3.63, 3.8) is 0 Å². The van der Waals surface area contributed by atoms with Crippen LogP contribution >= 0.6 is 6.85 Å². The van der Waals surface area contributed by atoms with Crippen molar-refractivity contribution < 1.29 is 4.74 Å². The van der Waals surface area contributed by atoms with Gasteiger partial charge in [-0.15, -0.1) is 0 Å². The van der Waals surface area contributed by atoms with E-state index in [0.717, 1.165) is 30.5 Å². The molecule has 0 heterocycles. The van der Waals surface area contributed by atoms with Crippen LogP contribution in [0.25, 0.3) is 0 Å². The predicted molar refractivity (Wildman–Crippen MR) is 93.0 cm³/mol. The first-order chi connectivity index (χ1) is 9.67. The quantitative estimate of drug-likeness (QED) is 0.389. The lowest BCUT2D eigenvalue weighted by Crippen LogP contribution is -2.02. The van der Waals surface area contributed by atoms with Crippen LogP contribution in [0.4, 0.5) is 0 Å². The van der Waals surface area contributed by atoms with E-state index >= 15 is 0 Å². The zero-order valence-corrected chi connectivity index (χ0v) is 14.4. The minimum absolute atomic E-state index is 0.759. The van der Waals surface area contributed by atoms with Gasteiger partial charge in [0.2, 0.25) is 0 Å². The molecule has 0 bridgehead atoms. The lowest BCUT2D eigenvalue weighted by atomic mass is 10.2. The van der Waals surface area contributed by atoms with E-state index in [4.69, 9.17) is 16.5 Å². The average Bonchev–Trinajstić information content (AvgIpc) is 2.49. The minimum Gasteiger partial charge on any atom is -0.494 e. The molecule has 0 saturated carbocycles. The Hall–Kier alpha value is -0.860. The molecular weight excluding hydrogens is 287 g/mol. The Kier molecular flexibility index (Phi) is 8.56. The van der Waals surface area contributed by atoms with Gasteiger partial charge in [0.15, 0.2) is 0 Å². The first kappa shape index (κ1) is 17.2. The first-order valence-corrected chi connectivity index (χ1v) is 9.99. The molecular formula is C15H25N2OPS. The maximum atomic E-state index is 5.55. The van der Waals surface area contributed by atoms with Gasteiger partial charge in [-0.2, -0.15) is 5.10 Å². The Morgan fingerprint density at radius 3 is 2.55 bits per heavy atom. The fourth-order valence-corrected chi connectivity index (χ4v) is 3.32. The lowest BCUT2D eigenvalue weighted by molar-refractivity contribution is 0.317. The van der Waals surface area contributed by atoms with Crippen molar-refractivity contribution in [2.75, 3.05) is 19.8 Å². The molecule has 0 radical (unpaired) electrons. The summed E-state index contributed by atoms with van der Waals surface area (Å²) in [6.07, 6.45) is 6.39. The van der Waals surface area contributed by atoms with Gasteiger partial charge in [0, 0.05) is 13.9 Å². The summed E-state index contributed by atoms with van der Waals surface area (Å²) < 4.78 is 7.51. The molecule has 0 fully saturated rings. The molecule has 1 rings (SSSR count). The molecule has 20 heavy (non-hydrogen) atoms. The number of hydrazone groups is 1. The summed E-state index contributed by atoms with van der Waals surface area (Å²) in [5.41, 5.74) is 1.07. The SMILES string of the molecule is CCCC[PH](=S)N(C)/N=C/c1ccc(OCCC)cc1. The Bertz CT molecular complexity index is 434. The summed E-state index contributed by atoms with van der Waals surface area (Å²) in [5, 5.41) is 4.45. The van der Waals surface area contributed by atoms with Crippen LogP contribution in [0.5, 0.6) is 5.75 Å². The molecule has 0 aliphatic heterocycles. The molecule has 1 aromatic carbocycles. The second kappa shape index (κ2) is 9.95. The van der Waals surface area contributed by atoms with Gasteiger partial charge < -0.3 is 4.74 Å². The molecule has 0 N–H and O–H groups in total. The normalized spacial score (nSPS) is 12.6. The van der Waals surface area contributed by atoms with Gasteiger partial charge in [0.25, 0.3) is 0 Å². The topological polar surface area (TPSA) is 24.8 Å². The summed E-state index contributed by atoms with van der Waals surface area (Å²) in [7, 11) is 1.98. The number of unbranched alkanes of at least 4 members (excludes halogenated alkanes) is 1. The summed E-state index contributed by atoms with van der Waals surface area (Å²) in [4.78, 5) is 0. The molecule has 0 spiro atoms.